The quantitative estimate of drug-likeness (QED) is 0.399. The van der Waals surface area contributed by atoms with E-state index in [0.717, 1.165) is 11.4 Å². The molecule has 3 rings (SSSR count). The molecule has 31 heavy (non-hydrogen) atoms. The Morgan fingerprint density at radius 3 is 2.35 bits per heavy atom. The summed E-state index contributed by atoms with van der Waals surface area (Å²) in [6.07, 6.45) is 1.44. The normalized spacial score (nSPS) is 14.0. The van der Waals surface area contributed by atoms with Crippen LogP contribution < -0.4 is 19.7 Å². The number of methoxy groups -OCH3 is 1. The summed E-state index contributed by atoms with van der Waals surface area (Å²) in [5.41, 5.74) is 0.975. The van der Waals surface area contributed by atoms with Crippen LogP contribution in [0.4, 0.5) is 10.1 Å². The van der Waals surface area contributed by atoms with Crippen LogP contribution in [-0.4, -0.2) is 57.2 Å². The first kappa shape index (κ1) is 22.0. The number of anilines is 1. The number of nitriles is 1. The minimum absolute atomic E-state index is 0.0553. The SMILES string of the molecule is COc1ccc(OCCN/C=C(/C#N)C(=O)N2CCN(c3ccc(F)cc3)CC2)cc1. The van der Waals surface area contributed by atoms with E-state index in [1.165, 1.54) is 18.3 Å². The topological polar surface area (TPSA) is 77.8 Å². The summed E-state index contributed by atoms with van der Waals surface area (Å²) >= 11 is 0. The predicted octanol–water partition coefficient (Wildman–Crippen LogP) is 2.56. The van der Waals surface area contributed by atoms with Crippen molar-refractivity contribution in [2.24, 2.45) is 0 Å². The van der Waals surface area contributed by atoms with Crippen molar-refractivity contribution < 1.29 is 18.7 Å². The molecule has 1 fully saturated rings. The van der Waals surface area contributed by atoms with E-state index in [1.807, 2.05) is 30.3 Å². The molecule has 2 aromatic carbocycles. The Morgan fingerprint density at radius 1 is 1.10 bits per heavy atom. The van der Waals surface area contributed by atoms with Gasteiger partial charge in [0.2, 0.25) is 0 Å². The van der Waals surface area contributed by atoms with E-state index in [2.05, 4.69) is 10.2 Å². The first-order valence-corrected chi connectivity index (χ1v) is 10.0. The summed E-state index contributed by atoms with van der Waals surface area (Å²) in [7, 11) is 1.60. The van der Waals surface area contributed by atoms with Crippen molar-refractivity contribution in [2.75, 3.05) is 51.3 Å². The lowest BCUT2D eigenvalue weighted by Gasteiger charge is -2.36. The molecule has 8 heteroatoms. The maximum Gasteiger partial charge on any atom is 0.266 e. The van der Waals surface area contributed by atoms with Crippen molar-refractivity contribution in [3.63, 3.8) is 0 Å². The molecule has 0 unspecified atom stereocenters. The molecule has 1 saturated heterocycles. The van der Waals surface area contributed by atoms with Gasteiger partial charge < -0.3 is 24.6 Å². The van der Waals surface area contributed by atoms with Gasteiger partial charge in [-0.05, 0) is 48.5 Å². The number of carbonyl (C=O) groups is 1. The maximum absolute atomic E-state index is 13.1. The minimum atomic E-state index is -0.301. The van der Waals surface area contributed by atoms with Gasteiger partial charge in [-0.3, -0.25) is 4.79 Å². The third-order valence-corrected chi connectivity index (χ3v) is 4.93. The number of nitrogens with zero attached hydrogens (tertiary/aromatic N) is 3. The highest BCUT2D eigenvalue weighted by Crippen LogP contribution is 2.18. The highest BCUT2D eigenvalue weighted by molar-refractivity contribution is 5.97. The average Bonchev–Trinajstić information content (AvgIpc) is 2.82. The van der Waals surface area contributed by atoms with Crippen molar-refractivity contribution in [3.05, 3.63) is 66.1 Å². The fourth-order valence-corrected chi connectivity index (χ4v) is 3.21. The monoisotopic (exact) mass is 424 g/mol. The Labute approximate surface area is 181 Å². The number of amides is 1. The van der Waals surface area contributed by atoms with Gasteiger partial charge in [0, 0.05) is 44.6 Å². The van der Waals surface area contributed by atoms with Gasteiger partial charge in [-0.25, -0.2) is 4.39 Å². The molecule has 0 saturated carbocycles. The first-order chi connectivity index (χ1) is 15.1. The molecule has 1 amide bonds. The molecule has 0 aliphatic carbocycles. The van der Waals surface area contributed by atoms with Crippen molar-refractivity contribution >= 4 is 11.6 Å². The van der Waals surface area contributed by atoms with Crippen LogP contribution in [0, 0.1) is 17.1 Å². The third-order valence-electron chi connectivity index (χ3n) is 4.93. The number of nitrogens with one attached hydrogen (secondary N) is 1. The number of hydrogen-bond donors (Lipinski definition) is 1. The highest BCUT2D eigenvalue weighted by atomic mass is 19.1. The zero-order chi connectivity index (χ0) is 22.1. The maximum atomic E-state index is 13.1. The van der Waals surface area contributed by atoms with Crippen molar-refractivity contribution in [2.45, 2.75) is 0 Å². The molecule has 1 N–H and O–H groups in total. The van der Waals surface area contributed by atoms with Crippen LogP contribution in [0.3, 0.4) is 0 Å². The summed E-state index contributed by atoms with van der Waals surface area (Å²) < 4.78 is 23.8. The Morgan fingerprint density at radius 2 is 1.74 bits per heavy atom. The number of rotatable bonds is 8. The molecule has 1 aliphatic heterocycles. The lowest BCUT2D eigenvalue weighted by atomic mass is 10.2. The largest absolute Gasteiger partial charge is 0.497 e. The van der Waals surface area contributed by atoms with E-state index in [-0.39, 0.29) is 17.3 Å². The van der Waals surface area contributed by atoms with E-state index in [4.69, 9.17) is 9.47 Å². The molecule has 7 nitrogen and oxygen atoms in total. The van der Waals surface area contributed by atoms with E-state index < -0.39 is 0 Å². The number of hydrogen-bond acceptors (Lipinski definition) is 6. The fourth-order valence-electron chi connectivity index (χ4n) is 3.21. The van der Waals surface area contributed by atoms with Gasteiger partial charge >= 0.3 is 0 Å². The lowest BCUT2D eigenvalue weighted by Crippen LogP contribution is -2.49. The van der Waals surface area contributed by atoms with Crippen molar-refractivity contribution in [1.29, 1.82) is 5.26 Å². The second kappa shape index (κ2) is 10.9. The number of benzene rings is 2. The lowest BCUT2D eigenvalue weighted by molar-refractivity contribution is -0.127. The standard InChI is InChI=1S/C23H25FN4O3/c1-30-21-6-8-22(9-7-21)31-15-10-26-17-18(16-25)23(29)28-13-11-27(12-14-28)20-4-2-19(24)3-5-20/h2-9,17,26H,10-15H2,1H3/b18-17-. The average molecular weight is 424 g/mol. The molecular weight excluding hydrogens is 399 g/mol. The smallest absolute Gasteiger partial charge is 0.266 e. The number of halogens is 1. The first-order valence-electron chi connectivity index (χ1n) is 10.0. The Hall–Kier alpha value is -3.73. The fraction of sp³-hybridized carbons (Fsp3) is 0.304. The molecule has 0 spiro atoms. The molecule has 2 aromatic rings. The van der Waals surface area contributed by atoms with Crippen LogP contribution in [-0.2, 0) is 4.79 Å². The zero-order valence-corrected chi connectivity index (χ0v) is 17.4. The van der Waals surface area contributed by atoms with Crippen LogP contribution in [0.1, 0.15) is 0 Å². The van der Waals surface area contributed by atoms with Crippen molar-refractivity contribution in [1.82, 2.24) is 10.2 Å². The summed E-state index contributed by atoms with van der Waals surface area (Å²) in [5, 5.41) is 12.3. The molecule has 1 heterocycles. The van der Waals surface area contributed by atoms with Gasteiger partial charge in [-0.15, -0.1) is 0 Å². The second-order valence-corrected chi connectivity index (χ2v) is 6.90. The van der Waals surface area contributed by atoms with Gasteiger partial charge in [0.1, 0.15) is 35.6 Å². The van der Waals surface area contributed by atoms with E-state index in [9.17, 15) is 14.4 Å². The van der Waals surface area contributed by atoms with Crippen LogP contribution >= 0.6 is 0 Å². The number of piperazine rings is 1. The molecule has 0 atom stereocenters. The molecular formula is C23H25FN4O3. The van der Waals surface area contributed by atoms with Crippen molar-refractivity contribution in [3.8, 4) is 17.6 Å². The Balaban J connectivity index is 1.43. The highest BCUT2D eigenvalue weighted by Gasteiger charge is 2.23. The van der Waals surface area contributed by atoms with Crippen LogP contribution in [0.25, 0.3) is 0 Å². The van der Waals surface area contributed by atoms with Gasteiger partial charge in [0.15, 0.2) is 0 Å². The molecule has 0 bridgehead atoms. The summed E-state index contributed by atoms with van der Waals surface area (Å²) in [4.78, 5) is 16.4. The number of carbonyl (C=O) groups excluding carboxylic acids is 1. The molecule has 0 aromatic heterocycles. The van der Waals surface area contributed by atoms with Crippen LogP contribution in [0.5, 0.6) is 11.5 Å². The van der Waals surface area contributed by atoms with Crippen LogP contribution in [0.2, 0.25) is 0 Å². The van der Waals surface area contributed by atoms with Gasteiger partial charge in [-0.2, -0.15) is 5.26 Å². The summed E-state index contributed by atoms with van der Waals surface area (Å²) in [6.45, 7) is 3.07. The van der Waals surface area contributed by atoms with Gasteiger partial charge in [0.05, 0.1) is 7.11 Å². The summed E-state index contributed by atoms with van der Waals surface area (Å²) in [6, 6.07) is 15.5. The minimum Gasteiger partial charge on any atom is -0.497 e. The Kier molecular flexibility index (Phi) is 7.71. The van der Waals surface area contributed by atoms with Gasteiger partial charge in [0.25, 0.3) is 5.91 Å². The molecule has 162 valence electrons. The number of ether oxygens (including phenoxy) is 2. The molecule has 0 radical (unpaired) electrons. The van der Waals surface area contributed by atoms with E-state index >= 15 is 0 Å². The Bertz CT molecular complexity index is 931. The zero-order valence-electron chi connectivity index (χ0n) is 17.4. The summed E-state index contributed by atoms with van der Waals surface area (Å²) in [5.74, 6) is 0.888. The predicted molar refractivity (Wildman–Crippen MR) is 115 cm³/mol. The van der Waals surface area contributed by atoms with Gasteiger partial charge in [-0.1, -0.05) is 0 Å². The molecule has 1 aliphatic rings. The van der Waals surface area contributed by atoms with E-state index in [0.29, 0.717) is 45.1 Å². The second-order valence-electron chi connectivity index (χ2n) is 6.90. The third kappa shape index (κ3) is 6.12. The van der Waals surface area contributed by atoms with E-state index in [1.54, 1.807) is 24.1 Å². The van der Waals surface area contributed by atoms with Crippen LogP contribution in [0.15, 0.2) is 60.3 Å².